The van der Waals surface area contributed by atoms with Crippen molar-refractivity contribution in [1.29, 1.82) is 0 Å². The van der Waals surface area contributed by atoms with Crippen LogP contribution < -0.4 is 57.1 Å². The van der Waals surface area contributed by atoms with Crippen LogP contribution in [0.25, 0.3) is 11.1 Å². The zero-order valence-corrected chi connectivity index (χ0v) is 20.7. The number of nitrogens with zero attached hydrogens (tertiary/aromatic N) is 2. The highest BCUT2D eigenvalue weighted by atomic mass is 127. The molecule has 2 aromatic heterocycles. The minimum atomic E-state index is 0. The summed E-state index contributed by atoms with van der Waals surface area (Å²) in [7, 11) is 0. The van der Waals surface area contributed by atoms with Crippen LogP contribution in [-0.2, 0) is 13.1 Å². The maximum atomic E-state index is 2.30. The Hall–Kier alpha value is -0.240. The fourth-order valence-corrected chi connectivity index (χ4v) is 3.04. The Labute approximate surface area is 194 Å². The van der Waals surface area contributed by atoms with Gasteiger partial charge >= 0.3 is 0 Å². The van der Waals surface area contributed by atoms with Crippen molar-refractivity contribution in [2.24, 2.45) is 0 Å². The SMILES string of the molecule is CCCCCC[n+]1ccc(-c2cc[n+](CCCCCC)cc2)cc1.[I-].[I-]. The van der Waals surface area contributed by atoms with Crippen molar-refractivity contribution in [2.45, 2.75) is 78.3 Å². The number of hydrogen-bond acceptors (Lipinski definition) is 0. The van der Waals surface area contributed by atoms with E-state index in [0.29, 0.717) is 0 Å². The van der Waals surface area contributed by atoms with Gasteiger partial charge in [0.15, 0.2) is 24.8 Å². The first kappa shape index (κ1) is 25.8. The summed E-state index contributed by atoms with van der Waals surface area (Å²) < 4.78 is 4.60. The van der Waals surface area contributed by atoms with Gasteiger partial charge in [-0.15, -0.1) is 0 Å². The Bertz CT molecular complexity index is 514. The first-order chi connectivity index (χ1) is 11.8. The quantitative estimate of drug-likeness (QED) is 0.185. The van der Waals surface area contributed by atoms with Crippen molar-refractivity contribution < 1.29 is 57.1 Å². The second-order valence-electron chi connectivity index (χ2n) is 6.77. The molecule has 2 nitrogen and oxygen atoms in total. The zero-order valence-electron chi connectivity index (χ0n) is 16.3. The predicted molar refractivity (Wildman–Crippen MR) is 101 cm³/mol. The molecular weight excluding hydrogens is 546 g/mol. The molecule has 0 unspecified atom stereocenters. The van der Waals surface area contributed by atoms with E-state index < -0.39 is 0 Å². The standard InChI is InChI=1S/C22H34N2.2HI/c1-3-5-7-9-15-23-17-11-21(12-18-23)22-13-19-24(20-14-22)16-10-8-6-4-2;;/h11-14,17-20H,3-10,15-16H2,1-2H3;2*1H/q+2;;/p-2. The van der Waals surface area contributed by atoms with Gasteiger partial charge in [-0.3, -0.25) is 0 Å². The van der Waals surface area contributed by atoms with Gasteiger partial charge in [0.2, 0.25) is 0 Å². The van der Waals surface area contributed by atoms with Crippen molar-refractivity contribution >= 4 is 0 Å². The van der Waals surface area contributed by atoms with E-state index in [9.17, 15) is 0 Å². The maximum absolute atomic E-state index is 2.30. The molecular formula is C22H34I2N2. The van der Waals surface area contributed by atoms with Crippen molar-refractivity contribution in [3.63, 3.8) is 0 Å². The van der Waals surface area contributed by atoms with Crippen molar-refractivity contribution in [3.05, 3.63) is 49.1 Å². The monoisotopic (exact) mass is 580 g/mol. The van der Waals surface area contributed by atoms with Gasteiger partial charge in [0.25, 0.3) is 0 Å². The summed E-state index contributed by atoms with van der Waals surface area (Å²) in [6.07, 6.45) is 19.4. The number of aromatic nitrogens is 2. The number of hydrogen-bond donors (Lipinski definition) is 0. The van der Waals surface area contributed by atoms with Crippen LogP contribution in [0.2, 0.25) is 0 Å². The van der Waals surface area contributed by atoms with Gasteiger partial charge in [-0.1, -0.05) is 39.5 Å². The van der Waals surface area contributed by atoms with Gasteiger partial charge in [-0.05, 0) is 24.0 Å². The molecule has 0 radical (unpaired) electrons. The van der Waals surface area contributed by atoms with Crippen LogP contribution in [0.4, 0.5) is 0 Å². The highest BCUT2D eigenvalue weighted by Crippen LogP contribution is 2.15. The average Bonchev–Trinajstić information content (AvgIpc) is 2.64. The third-order valence-electron chi connectivity index (χ3n) is 4.66. The molecule has 0 fully saturated rings. The van der Waals surface area contributed by atoms with E-state index in [2.05, 4.69) is 72.0 Å². The van der Waals surface area contributed by atoms with Gasteiger partial charge in [0, 0.05) is 37.1 Å². The Morgan fingerprint density at radius 3 is 1.19 bits per heavy atom. The van der Waals surface area contributed by atoms with Crippen LogP contribution in [-0.4, -0.2) is 0 Å². The minimum Gasteiger partial charge on any atom is -1.00 e. The fraction of sp³-hybridized carbons (Fsp3) is 0.545. The summed E-state index contributed by atoms with van der Waals surface area (Å²) >= 11 is 0. The van der Waals surface area contributed by atoms with E-state index in [1.165, 1.54) is 62.5 Å². The Balaban J connectivity index is 0.00000312. The third kappa shape index (κ3) is 9.62. The van der Waals surface area contributed by atoms with Crippen LogP contribution in [0.15, 0.2) is 49.1 Å². The van der Waals surface area contributed by atoms with Gasteiger partial charge in [-0.2, -0.15) is 0 Å². The first-order valence-corrected chi connectivity index (χ1v) is 9.82. The molecule has 0 aliphatic heterocycles. The van der Waals surface area contributed by atoms with Crippen molar-refractivity contribution in [1.82, 2.24) is 0 Å². The lowest BCUT2D eigenvalue weighted by Gasteiger charge is -2.02. The number of aryl methyl sites for hydroxylation is 2. The maximum Gasteiger partial charge on any atom is 0.169 e. The number of halogens is 2. The van der Waals surface area contributed by atoms with Crippen molar-refractivity contribution in [3.8, 4) is 11.1 Å². The number of pyridine rings is 2. The van der Waals surface area contributed by atoms with E-state index in [0.717, 1.165) is 13.1 Å². The van der Waals surface area contributed by atoms with Crippen LogP contribution in [0, 0.1) is 0 Å². The average molecular weight is 580 g/mol. The van der Waals surface area contributed by atoms with Crippen molar-refractivity contribution in [2.75, 3.05) is 0 Å². The second kappa shape index (κ2) is 15.8. The molecule has 2 heterocycles. The van der Waals surface area contributed by atoms with E-state index in [4.69, 9.17) is 0 Å². The Morgan fingerprint density at radius 2 is 0.885 bits per heavy atom. The summed E-state index contributed by atoms with van der Waals surface area (Å²) in [6, 6.07) is 8.95. The highest BCUT2D eigenvalue weighted by molar-refractivity contribution is 5.60. The molecule has 4 heteroatoms. The highest BCUT2D eigenvalue weighted by Gasteiger charge is 2.05. The smallest absolute Gasteiger partial charge is 0.169 e. The predicted octanol–water partition coefficient (Wildman–Crippen LogP) is -0.903. The Morgan fingerprint density at radius 1 is 0.538 bits per heavy atom. The molecule has 146 valence electrons. The van der Waals surface area contributed by atoms with Crippen LogP contribution in [0.3, 0.4) is 0 Å². The molecule has 2 rings (SSSR count). The molecule has 0 bridgehead atoms. The molecule has 0 aromatic carbocycles. The molecule has 0 spiro atoms. The number of unbranched alkanes of at least 4 members (excludes halogenated alkanes) is 6. The second-order valence-corrected chi connectivity index (χ2v) is 6.77. The van der Waals surface area contributed by atoms with Gasteiger partial charge in [0.05, 0.1) is 0 Å². The van der Waals surface area contributed by atoms with E-state index in [1.807, 2.05) is 0 Å². The van der Waals surface area contributed by atoms with Gasteiger partial charge in [-0.25, -0.2) is 9.13 Å². The largest absolute Gasteiger partial charge is 1.00 e. The molecule has 26 heavy (non-hydrogen) atoms. The molecule has 2 aromatic rings. The van der Waals surface area contributed by atoms with Gasteiger partial charge in [0.1, 0.15) is 13.1 Å². The summed E-state index contributed by atoms with van der Waals surface area (Å²) in [5.41, 5.74) is 2.61. The molecule has 0 N–H and O–H groups in total. The van der Waals surface area contributed by atoms with Crippen LogP contribution in [0.5, 0.6) is 0 Å². The molecule has 0 aliphatic rings. The lowest BCUT2D eigenvalue weighted by atomic mass is 10.1. The summed E-state index contributed by atoms with van der Waals surface area (Å²) in [5.74, 6) is 0. The van der Waals surface area contributed by atoms with E-state index in [1.54, 1.807) is 0 Å². The topological polar surface area (TPSA) is 7.76 Å². The molecule has 0 aliphatic carbocycles. The van der Waals surface area contributed by atoms with Crippen LogP contribution >= 0.6 is 0 Å². The normalized spacial score (nSPS) is 10.1. The summed E-state index contributed by atoms with van der Waals surface area (Å²) in [5, 5.41) is 0. The molecule has 0 saturated carbocycles. The van der Waals surface area contributed by atoms with E-state index >= 15 is 0 Å². The summed E-state index contributed by atoms with van der Waals surface area (Å²) in [6.45, 7) is 6.78. The van der Waals surface area contributed by atoms with Gasteiger partial charge < -0.3 is 48.0 Å². The number of rotatable bonds is 11. The van der Waals surface area contributed by atoms with E-state index in [-0.39, 0.29) is 48.0 Å². The molecule has 0 amide bonds. The summed E-state index contributed by atoms with van der Waals surface area (Å²) in [4.78, 5) is 0. The minimum absolute atomic E-state index is 0. The lowest BCUT2D eigenvalue weighted by Crippen LogP contribution is -3.00. The molecule has 0 saturated heterocycles. The first-order valence-electron chi connectivity index (χ1n) is 9.82. The van der Waals surface area contributed by atoms with Crippen LogP contribution in [0.1, 0.15) is 65.2 Å². The fourth-order valence-electron chi connectivity index (χ4n) is 3.04. The zero-order chi connectivity index (χ0) is 17.0. The third-order valence-corrected chi connectivity index (χ3v) is 4.66. The lowest BCUT2D eigenvalue weighted by molar-refractivity contribution is -0.697. The Kier molecular flexibility index (Phi) is 15.6. The molecule has 0 atom stereocenters.